The summed E-state index contributed by atoms with van der Waals surface area (Å²) in [6, 6.07) is 3.89. The first-order chi connectivity index (χ1) is 9.99. The molecule has 1 aliphatic rings. The highest BCUT2D eigenvalue weighted by Crippen LogP contribution is 2.34. The summed E-state index contributed by atoms with van der Waals surface area (Å²) < 4.78 is 27.0. The minimum atomic E-state index is -0.903. The zero-order valence-corrected chi connectivity index (χ0v) is 12.2. The van der Waals surface area contributed by atoms with Gasteiger partial charge in [-0.05, 0) is 42.5 Å². The van der Waals surface area contributed by atoms with Crippen molar-refractivity contribution in [1.29, 1.82) is 0 Å². The van der Waals surface area contributed by atoms with E-state index in [0.717, 1.165) is 24.1 Å². The average molecular weight is 308 g/mol. The van der Waals surface area contributed by atoms with E-state index in [1.807, 2.05) is 18.4 Å². The fourth-order valence-electron chi connectivity index (χ4n) is 2.66. The van der Waals surface area contributed by atoms with Gasteiger partial charge in [0.2, 0.25) is 0 Å². The van der Waals surface area contributed by atoms with Gasteiger partial charge in [0, 0.05) is 17.0 Å². The van der Waals surface area contributed by atoms with Crippen LogP contribution in [0.4, 0.5) is 14.5 Å². The second-order valence-electron chi connectivity index (χ2n) is 5.08. The second-order valence-corrected chi connectivity index (χ2v) is 6.08. The first kappa shape index (κ1) is 14.0. The first-order valence-electron chi connectivity index (χ1n) is 6.60. The number of carbonyl (C=O) groups excluding carboxylic acids is 1. The quantitative estimate of drug-likeness (QED) is 0.821. The molecule has 1 aromatic carbocycles. The average Bonchev–Trinajstić information content (AvgIpc) is 2.93. The van der Waals surface area contributed by atoms with Gasteiger partial charge in [-0.3, -0.25) is 4.79 Å². The molecule has 0 aliphatic carbocycles. The van der Waals surface area contributed by atoms with Crippen molar-refractivity contribution in [2.24, 2.45) is 0 Å². The number of benzene rings is 1. The van der Waals surface area contributed by atoms with Crippen molar-refractivity contribution < 1.29 is 13.6 Å². The lowest BCUT2D eigenvalue weighted by Gasteiger charge is -2.33. The highest BCUT2D eigenvalue weighted by molar-refractivity contribution is 7.10. The lowest BCUT2D eigenvalue weighted by Crippen LogP contribution is -2.38. The molecule has 110 valence electrons. The Hall–Kier alpha value is -1.95. The van der Waals surface area contributed by atoms with Crippen LogP contribution >= 0.6 is 11.3 Å². The van der Waals surface area contributed by atoms with Gasteiger partial charge in [-0.1, -0.05) is 0 Å². The van der Waals surface area contributed by atoms with Gasteiger partial charge >= 0.3 is 0 Å². The zero-order chi connectivity index (χ0) is 15.1. The highest BCUT2D eigenvalue weighted by atomic mass is 32.1. The third-order valence-corrected chi connectivity index (χ3v) is 4.86. The molecule has 1 aromatic heterocycles. The highest BCUT2D eigenvalue weighted by Gasteiger charge is 2.29. The van der Waals surface area contributed by atoms with Crippen LogP contribution < -0.4 is 5.73 Å². The van der Waals surface area contributed by atoms with Gasteiger partial charge in [-0.15, -0.1) is 11.3 Å². The zero-order valence-electron chi connectivity index (χ0n) is 11.4. The number of nitrogens with zero attached hydrogens (tertiary/aromatic N) is 1. The summed E-state index contributed by atoms with van der Waals surface area (Å²) in [6.07, 6.45) is 0.767. The van der Waals surface area contributed by atoms with Crippen LogP contribution in [0.3, 0.4) is 0 Å². The molecule has 2 N–H and O–H groups in total. The minimum absolute atomic E-state index is 0.00951. The van der Waals surface area contributed by atoms with Crippen molar-refractivity contribution in [3.05, 3.63) is 51.2 Å². The number of anilines is 1. The Morgan fingerprint density at radius 1 is 1.38 bits per heavy atom. The first-order valence-corrected chi connectivity index (χ1v) is 7.48. The van der Waals surface area contributed by atoms with E-state index in [1.165, 1.54) is 4.88 Å². The number of rotatable bonds is 1. The van der Waals surface area contributed by atoms with Crippen LogP contribution in [-0.4, -0.2) is 17.4 Å². The molecule has 2 aromatic rings. The number of hydrogen-bond donors (Lipinski definition) is 1. The van der Waals surface area contributed by atoms with Gasteiger partial charge in [-0.2, -0.15) is 0 Å². The Morgan fingerprint density at radius 2 is 2.05 bits per heavy atom. The number of amides is 1. The van der Waals surface area contributed by atoms with E-state index in [2.05, 4.69) is 0 Å². The van der Waals surface area contributed by atoms with Gasteiger partial charge in [-0.25, -0.2) is 8.78 Å². The Bertz CT molecular complexity index is 690. The van der Waals surface area contributed by atoms with E-state index in [0.29, 0.717) is 6.54 Å². The third-order valence-electron chi connectivity index (χ3n) is 3.86. The van der Waals surface area contributed by atoms with Crippen molar-refractivity contribution in [3.63, 3.8) is 0 Å². The molecule has 0 spiro atoms. The summed E-state index contributed by atoms with van der Waals surface area (Å²) in [5, 5.41) is 2.00. The molecule has 1 unspecified atom stereocenters. The molecule has 6 heteroatoms. The van der Waals surface area contributed by atoms with E-state index in [9.17, 15) is 13.6 Å². The maximum Gasteiger partial charge on any atom is 0.254 e. The second kappa shape index (κ2) is 5.11. The lowest BCUT2D eigenvalue weighted by molar-refractivity contribution is 0.0678. The number of fused-ring (bicyclic) bond motifs is 1. The number of thiophene rings is 1. The van der Waals surface area contributed by atoms with E-state index in [1.54, 1.807) is 16.2 Å². The van der Waals surface area contributed by atoms with Crippen molar-refractivity contribution >= 4 is 22.9 Å². The van der Waals surface area contributed by atoms with E-state index in [-0.39, 0.29) is 17.5 Å². The molecule has 0 saturated heterocycles. The van der Waals surface area contributed by atoms with E-state index < -0.39 is 17.3 Å². The minimum Gasteiger partial charge on any atom is -0.394 e. The summed E-state index contributed by atoms with van der Waals surface area (Å²) >= 11 is 1.67. The van der Waals surface area contributed by atoms with Crippen molar-refractivity contribution in [2.45, 2.75) is 19.4 Å². The fraction of sp³-hybridized carbons (Fsp3) is 0.267. The molecular formula is C15H14F2N2OS. The topological polar surface area (TPSA) is 46.3 Å². The Labute approximate surface area is 125 Å². The molecular weight excluding hydrogens is 294 g/mol. The summed E-state index contributed by atoms with van der Waals surface area (Å²) in [5.74, 6) is -2.18. The van der Waals surface area contributed by atoms with Crippen molar-refractivity contribution in [3.8, 4) is 0 Å². The number of hydrogen-bond acceptors (Lipinski definition) is 3. The SMILES string of the molecule is CC1c2ccsc2CCN1C(=O)c1cc(F)c(N)c(F)c1. The van der Waals surface area contributed by atoms with E-state index >= 15 is 0 Å². The van der Waals surface area contributed by atoms with Gasteiger partial charge < -0.3 is 10.6 Å². The monoisotopic (exact) mass is 308 g/mol. The number of nitrogen functional groups attached to an aromatic ring is 1. The Balaban J connectivity index is 1.93. The van der Waals surface area contributed by atoms with Crippen LogP contribution in [0.15, 0.2) is 23.6 Å². The third kappa shape index (κ3) is 2.29. The molecule has 2 heterocycles. The molecule has 21 heavy (non-hydrogen) atoms. The normalized spacial score (nSPS) is 17.7. The molecule has 1 atom stereocenters. The van der Waals surface area contributed by atoms with Crippen molar-refractivity contribution in [1.82, 2.24) is 4.90 Å². The summed E-state index contributed by atoms with van der Waals surface area (Å²) in [7, 11) is 0. The van der Waals surface area contributed by atoms with Gasteiger partial charge in [0.05, 0.1) is 6.04 Å². The lowest BCUT2D eigenvalue weighted by atomic mass is 10.00. The predicted molar refractivity (Wildman–Crippen MR) is 78.2 cm³/mol. The van der Waals surface area contributed by atoms with Gasteiger partial charge in [0.15, 0.2) is 0 Å². The van der Waals surface area contributed by atoms with Crippen LogP contribution in [0, 0.1) is 11.6 Å². The maximum atomic E-state index is 13.5. The Kier molecular flexibility index (Phi) is 3.41. The molecule has 3 rings (SSSR count). The fourth-order valence-corrected chi connectivity index (χ4v) is 3.62. The maximum absolute atomic E-state index is 13.5. The summed E-state index contributed by atoms with van der Waals surface area (Å²) in [5.41, 5.74) is 5.77. The molecule has 0 fully saturated rings. The van der Waals surface area contributed by atoms with Gasteiger partial charge in [0.25, 0.3) is 5.91 Å². The number of carbonyl (C=O) groups is 1. The number of halogens is 2. The van der Waals surface area contributed by atoms with Crippen LogP contribution in [0.1, 0.15) is 33.8 Å². The molecule has 0 bridgehead atoms. The predicted octanol–water partition coefficient (Wildman–Crippen LogP) is 3.37. The van der Waals surface area contributed by atoms with Crippen LogP contribution in [-0.2, 0) is 6.42 Å². The molecule has 1 aliphatic heterocycles. The largest absolute Gasteiger partial charge is 0.394 e. The van der Waals surface area contributed by atoms with Crippen LogP contribution in [0.2, 0.25) is 0 Å². The smallest absolute Gasteiger partial charge is 0.254 e. The molecule has 0 radical (unpaired) electrons. The number of nitrogens with two attached hydrogens (primary N) is 1. The molecule has 0 saturated carbocycles. The van der Waals surface area contributed by atoms with E-state index in [4.69, 9.17) is 5.73 Å². The van der Waals surface area contributed by atoms with Gasteiger partial charge in [0.1, 0.15) is 17.3 Å². The van der Waals surface area contributed by atoms with Crippen molar-refractivity contribution in [2.75, 3.05) is 12.3 Å². The van der Waals surface area contributed by atoms with Crippen LogP contribution in [0.5, 0.6) is 0 Å². The summed E-state index contributed by atoms with van der Waals surface area (Å²) in [4.78, 5) is 15.4. The Morgan fingerprint density at radius 3 is 2.71 bits per heavy atom. The molecule has 3 nitrogen and oxygen atoms in total. The van der Waals surface area contributed by atoms with Crippen LogP contribution in [0.25, 0.3) is 0 Å². The molecule has 1 amide bonds. The standard InChI is InChI=1S/C15H14F2N2OS/c1-8-10-3-5-21-13(10)2-4-19(8)15(20)9-6-11(16)14(18)12(17)7-9/h3,5-8H,2,4,18H2,1H3. The summed E-state index contributed by atoms with van der Waals surface area (Å²) in [6.45, 7) is 2.47.